The van der Waals surface area contributed by atoms with Gasteiger partial charge in [0.1, 0.15) is 5.75 Å². The third kappa shape index (κ3) is 3.51. The Hall–Kier alpha value is -1.55. The van der Waals surface area contributed by atoms with Crippen LogP contribution in [0, 0.1) is 5.92 Å². The van der Waals surface area contributed by atoms with Gasteiger partial charge < -0.3 is 14.4 Å². The van der Waals surface area contributed by atoms with Crippen LogP contribution < -0.4 is 4.74 Å². The number of hydrogen-bond acceptors (Lipinski definition) is 3. The predicted octanol–water partition coefficient (Wildman–Crippen LogP) is 2.58. The highest BCUT2D eigenvalue weighted by Gasteiger charge is 2.26. The molecule has 1 fully saturated rings. The van der Waals surface area contributed by atoms with Crippen molar-refractivity contribution in [2.45, 2.75) is 19.8 Å². The first-order valence-corrected chi connectivity index (χ1v) is 7.26. The van der Waals surface area contributed by atoms with E-state index in [0.717, 1.165) is 39.1 Å². The number of carbonyl (C=O) groups excluding carboxylic acids is 1. The molecule has 2 rings (SSSR count). The Kier molecular flexibility index (Phi) is 5.41. The molecule has 0 aliphatic carbocycles. The zero-order valence-electron chi connectivity index (χ0n) is 12.3. The Balaban J connectivity index is 2.04. The van der Waals surface area contributed by atoms with Crippen LogP contribution in [-0.2, 0) is 4.74 Å². The van der Waals surface area contributed by atoms with Crippen molar-refractivity contribution in [3.8, 4) is 5.75 Å². The number of nitrogens with zero attached hydrogens (tertiary/aromatic N) is 1. The lowest BCUT2D eigenvalue weighted by molar-refractivity contribution is 0.0499. The van der Waals surface area contributed by atoms with Gasteiger partial charge in [-0.3, -0.25) is 4.79 Å². The standard InChI is InChI=1S/C16H23NO3/c1-3-20-12-13-7-6-10-17(11-13)16(18)14-8-4-5-9-15(14)19-2/h4-5,8-9,13H,3,6-7,10-12H2,1-2H3. The molecule has 1 aliphatic rings. The zero-order chi connectivity index (χ0) is 14.4. The fraction of sp³-hybridized carbons (Fsp3) is 0.562. The molecule has 0 bridgehead atoms. The first-order chi connectivity index (χ1) is 9.76. The van der Waals surface area contributed by atoms with Crippen molar-refractivity contribution >= 4 is 5.91 Å². The number of piperidine rings is 1. The van der Waals surface area contributed by atoms with Crippen LogP contribution in [0.5, 0.6) is 5.75 Å². The molecule has 110 valence electrons. The van der Waals surface area contributed by atoms with E-state index in [0.29, 0.717) is 17.2 Å². The molecule has 0 spiro atoms. The van der Waals surface area contributed by atoms with Gasteiger partial charge >= 0.3 is 0 Å². The van der Waals surface area contributed by atoms with E-state index in [1.807, 2.05) is 36.1 Å². The number of hydrogen-bond donors (Lipinski definition) is 0. The summed E-state index contributed by atoms with van der Waals surface area (Å²) in [5.74, 6) is 1.15. The number of likely N-dealkylation sites (tertiary alicyclic amines) is 1. The maximum Gasteiger partial charge on any atom is 0.257 e. The zero-order valence-corrected chi connectivity index (χ0v) is 12.3. The summed E-state index contributed by atoms with van der Waals surface area (Å²) < 4.78 is 10.8. The van der Waals surface area contributed by atoms with Crippen LogP contribution in [0.25, 0.3) is 0 Å². The van der Waals surface area contributed by atoms with Gasteiger partial charge in [-0.15, -0.1) is 0 Å². The van der Waals surface area contributed by atoms with Gasteiger partial charge in [0.2, 0.25) is 0 Å². The molecule has 20 heavy (non-hydrogen) atoms. The van der Waals surface area contributed by atoms with Gasteiger partial charge in [0.15, 0.2) is 0 Å². The third-order valence-electron chi connectivity index (χ3n) is 3.70. The first-order valence-electron chi connectivity index (χ1n) is 7.26. The molecule has 1 aromatic rings. The SMILES string of the molecule is CCOCC1CCCN(C(=O)c2ccccc2OC)C1. The summed E-state index contributed by atoms with van der Waals surface area (Å²) in [6, 6.07) is 7.41. The van der Waals surface area contributed by atoms with Gasteiger partial charge in [0.05, 0.1) is 19.3 Å². The van der Waals surface area contributed by atoms with Crippen molar-refractivity contribution in [1.29, 1.82) is 0 Å². The van der Waals surface area contributed by atoms with Crippen LogP contribution in [-0.4, -0.2) is 44.2 Å². The number of ether oxygens (including phenoxy) is 2. The van der Waals surface area contributed by atoms with Crippen molar-refractivity contribution in [1.82, 2.24) is 4.90 Å². The van der Waals surface area contributed by atoms with E-state index in [9.17, 15) is 4.79 Å². The largest absolute Gasteiger partial charge is 0.496 e. The lowest BCUT2D eigenvalue weighted by Gasteiger charge is -2.33. The van der Waals surface area contributed by atoms with E-state index >= 15 is 0 Å². The number of para-hydroxylation sites is 1. The van der Waals surface area contributed by atoms with Gasteiger partial charge in [-0.25, -0.2) is 0 Å². The molecule has 1 atom stereocenters. The minimum absolute atomic E-state index is 0.0589. The molecule has 0 radical (unpaired) electrons. The molecule has 1 amide bonds. The molecule has 1 unspecified atom stereocenters. The fourth-order valence-electron chi connectivity index (χ4n) is 2.66. The number of methoxy groups -OCH3 is 1. The summed E-state index contributed by atoms with van der Waals surface area (Å²) >= 11 is 0. The molecule has 4 heteroatoms. The molecular weight excluding hydrogens is 254 g/mol. The van der Waals surface area contributed by atoms with E-state index in [1.54, 1.807) is 7.11 Å². The molecule has 0 saturated carbocycles. The summed E-state index contributed by atoms with van der Waals surface area (Å²) in [5.41, 5.74) is 0.645. The molecule has 1 saturated heterocycles. The lowest BCUT2D eigenvalue weighted by atomic mass is 9.98. The Morgan fingerprint density at radius 1 is 1.40 bits per heavy atom. The minimum atomic E-state index is 0.0589. The second-order valence-corrected chi connectivity index (χ2v) is 5.12. The van der Waals surface area contributed by atoms with Gasteiger partial charge in [-0.2, -0.15) is 0 Å². The average molecular weight is 277 g/mol. The Morgan fingerprint density at radius 2 is 2.20 bits per heavy atom. The second-order valence-electron chi connectivity index (χ2n) is 5.12. The van der Waals surface area contributed by atoms with Crippen LogP contribution in [0.4, 0.5) is 0 Å². The van der Waals surface area contributed by atoms with Crippen molar-refractivity contribution in [3.63, 3.8) is 0 Å². The predicted molar refractivity (Wildman–Crippen MR) is 78.1 cm³/mol. The maximum absolute atomic E-state index is 12.6. The molecule has 4 nitrogen and oxygen atoms in total. The van der Waals surface area contributed by atoms with E-state index in [1.165, 1.54) is 0 Å². The van der Waals surface area contributed by atoms with E-state index < -0.39 is 0 Å². The topological polar surface area (TPSA) is 38.8 Å². The fourth-order valence-corrected chi connectivity index (χ4v) is 2.66. The van der Waals surface area contributed by atoms with Crippen molar-refractivity contribution < 1.29 is 14.3 Å². The van der Waals surface area contributed by atoms with Crippen molar-refractivity contribution in [2.75, 3.05) is 33.4 Å². The number of amides is 1. The van der Waals surface area contributed by atoms with Crippen LogP contribution in [0.1, 0.15) is 30.1 Å². The Labute approximate surface area is 120 Å². The summed E-state index contributed by atoms with van der Waals surface area (Å²) in [7, 11) is 1.60. The van der Waals surface area contributed by atoms with E-state index in [4.69, 9.17) is 9.47 Å². The molecule has 1 aromatic carbocycles. The van der Waals surface area contributed by atoms with Crippen LogP contribution in [0.15, 0.2) is 24.3 Å². The van der Waals surface area contributed by atoms with Gasteiger partial charge in [0, 0.05) is 19.7 Å². The Morgan fingerprint density at radius 3 is 2.95 bits per heavy atom. The average Bonchev–Trinajstić information content (AvgIpc) is 2.52. The number of carbonyl (C=O) groups is 1. The third-order valence-corrected chi connectivity index (χ3v) is 3.70. The summed E-state index contributed by atoms with van der Waals surface area (Å²) in [6.45, 7) is 5.07. The minimum Gasteiger partial charge on any atom is -0.496 e. The molecule has 0 aromatic heterocycles. The van der Waals surface area contributed by atoms with Gasteiger partial charge in [0.25, 0.3) is 5.91 Å². The summed E-state index contributed by atoms with van der Waals surface area (Å²) in [6.07, 6.45) is 2.17. The molecule has 1 heterocycles. The second kappa shape index (κ2) is 7.29. The lowest BCUT2D eigenvalue weighted by Crippen LogP contribution is -2.41. The number of benzene rings is 1. The monoisotopic (exact) mass is 277 g/mol. The van der Waals surface area contributed by atoms with Crippen molar-refractivity contribution in [3.05, 3.63) is 29.8 Å². The van der Waals surface area contributed by atoms with E-state index in [2.05, 4.69) is 0 Å². The first kappa shape index (κ1) is 14.9. The molecule has 0 N–H and O–H groups in total. The van der Waals surface area contributed by atoms with Crippen LogP contribution >= 0.6 is 0 Å². The van der Waals surface area contributed by atoms with Crippen molar-refractivity contribution in [2.24, 2.45) is 5.92 Å². The highest BCUT2D eigenvalue weighted by Crippen LogP contribution is 2.23. The maximum atomic E-state index is 12.6. The van der Waals surface area contributed by atoms with Gasteiger partial charge in [-0.05, 0) is 37.8 Å². The molecule has 1 aliphatic heterocycles. The van der Waals surface area contributed by atoms with Gasteiger partial charge in [-0.1, -0.05) is 12.1 Å². The molecular formula is C16H23NO3. The van der Waals surface area contributed by atoms with Crippen LogP contribution in [0.3, 0.4) is 0 Å². The smallest absolute Gasteiger partial charge is 0.257 e. The summed E-state index contributed by atoms with van der Waals surface area (Å²) in [5, 5.41) is 0. The highest BCUT2D eigenvalue weighted by molar-refractivity contribution is 5.97. The van der Waals surface area contributed by atoms with E-state index in [-0.39, 0.29) is 5.91 Å². The normalized spacial score (nSPS) is 18.9. The quantitative estimate of drug-likeness (QED) is 0.830. The van der Waals surface area contributed by atoms with Crippen LogP contribution in [0.2, 0.25) is 0 Å². The Bertz CT molecular complexity index is 447. The number of rotatable bonds is 5. The summed E-state index contributed by atoms with van der Waals surface area (Å²) in [4.78, 5) is 14.5. The highest BCUT2D eigenvalue weighted by atomic mass is 16.5.